The van der Waals surface area contributed by atoms with Crippen LogP contribution in [0.5, 0.6) is 5.75 Å². The van der Waals surface area contributed by atoms with Crippen molar-refractivity contribution in [3.8, 4) is 5.75 Å². The van der Waals surface area contributed by atoms with E-state index in [1.54, 1.807) is 13.3 Å². The zero-order valence-electron chi connectivity index (χ0n) is 17.3. The Labute approximate surface area is 172 Å². The molecule has 0 aliphatic carbocycles. The van der Waals surface area contributed by atoms with Crippen molar-refractivity contribution in [2.45, 2.75) is 0 Å². The van der Waals surface area contributed by atoms with Crippen LogP contribution in [0.2, 0.25) is 0 Å². The molecule has 0 N–H and O–H groups in total. The van der Waals surface area contributed by atoms with E-state index in [1.807, 2.05) is 35.2 Å². The Hall–Kier alpha value is -2.80. The summed E-state index contributed by atoms with van der Waals surface area (Å²) < 4.78 is 5.50. The third-order valence-corrected chi connectivity index (χ3v) is 5.81. The summed E-state index contributed by atoms with van der Waals surface area (Å²) >= 11 is 0. The van der Waals surface area contributed by atoms with Crippen LogP contribution in [0.3, 0.4) is 0 Å². The van der Waals surface area contributed by atoms with E-state index in [2.05, 4.69) is 32.8 Å². The van der Waals surface area contributed by atoms with Gasteiger partial charge < -0.3 is 24.3 Å². The average molecular weight is 396 g/mol. The van der Waals surface area contributed by atoms with Crippen molar-refractivity contribution >= 4 is 17.4 Å². The fourth-order valence-electron chi connectivity index (χ4n) is 3.98. The Bertz CT molecular complexity index is 843. The average Bonchev–Trinajstić information content (AvgIpc) is 2.79. The van der Waals surface area contributed by atoms with E-state index < -0.39 is 0 Å². The van der Waals surface area contributed by atoms with E-state index in [0.717, 1.165) is 75.2 Å². The molecule has 0 radical (unpaired) electrons. The van der Waals surface area contributed by atoms with Gasteiger partial charge in [0, 0.05) is 64.1 Å². The van der Waals surface area contributed by atoms with E-state index in [-0.39, 0.29) is 5.91 Å². The SMILES string of the molecule is COc1ccccc1N1CCN(c2cc(C(=O)N3CCN(C)CC3)ccn2)CC1. The molecular weight excluding hydrogens is 366 g/mol. The van der Waals surface area contributed by atoms with Crippen LogP contribution >= 0.6 is 0 Å². The molecule has 1 amide bonds. The summed E-state index contributed by atoms with van der Waals surface area (Å²) in [4.78, 5) is 26.2. The number of carbonyl (C=O) groups excluding carboxylic acids is 1. The van der Waals surface area contributed by atoms with Crippen LogP contribution in [0.4, 0.5) is 11.5 Å². The molecule has 0 saturated carbocycles. The summed E-state index contributed by atoms with van der Waals surface area (Å²) in [5.41, 5.74) is 1.85. The minimum absolute atomic E-state index is 0.106. The Balaban J connectivity index is 1.41. The highest BCUT2D eigenvalue weighted by Gasteiger charge is 2.23. The number of aromatic nitrogens is 1. The summed E-state index contributed by atoms with van der Waals surface area (Å²) in [6.45, 7) is 6.91. The number of ether oxygens (including phenoxy) is 1. The zero-order chi connectivity index (χ0) is 20.2. The van der Waals surface area contributed by atoms with Gasteiger partial charge in [-0.1, -0.05) is 12.1 Å². The first-order chi connectivity index (χ1) is 14.2. The number of hydrogen-bond acceptors (Lipinski definition) is 6. The number of nitrogens with zero attached hydrogens (tertiary/aromatic N) is 5. The monoisotopic (exact) mass is 395 g/mol. The molecule has 29 heavy (non-hydrogen) atoms. The van der Waals surface area contributed by atoms with Crippen molar-refractivity contribution < 1.29 is 9.53 Å². The number of amides is 1. The van der Waals surface area contributed by atoms with Crippen LogP contribution in [-0.2, 0) is 0 Å². The molecule has 7 nitrogen and oxygen atoms in total. The van der Waals surface area contributed by atoms with E-state index in [0.29, 0.717) is 0 Å². The summed E-state index contributed by atoms with van der Waals surface area (Å²) in [5.74, 6) is 1.89. The molecule has 3 heterocycles. The highest BCUT2D eigenvalue weighted by atomic mass is 16.5. The summed E-state index contributed by atoms with van der Waals surface area (Å²) in [6, 6.07) is 11.9. The van der Waals surface area contributed by atoms with Crippen LogP contribution < -0.4 is 14.5 Å². The largest absolute Gasteiger partial charge is 0.495 e. The van der Waals surface area contributed by atoms with Crippen molar-refractivity contribution in [3.05, 3.63) is 48.2 Å². The second kappa shape index (κ2) is 8.69. The van der Waals surface area contributed by atoms with Crippen molar-refractivity contribution in [3.63, 3.8) is 0 Å². The van der Waals surface area contributed by atoms with E-state index in [1.165, 1.54) is 0 Å². The standard InChI is InChI=1S/C22H29N5O2/c1-24-9-11-27(12-10-24)22(28)18-7-8-23-21(17-18)26-15-13-25(14-16-26)19-5-3-4-6-20(19)29-2/h3-8,17H,9-16H2,1-2H3. The number of para-hydroxylation sites is 2. The van der Waals surface area contributed by atoms with Gasteiger partial charge in [-0.25, -0.2) is 4.98 Å². The fraction of sp³-hybridized carbons (Fsp3) is 0.455. The second-order valence-corrected chi connectivity index (χ2v) is 7.64. The lowest BCUT2D eigenvalue weighted by atomic mass is 10.2. The maximum absolute atomic E-state index is 12.9. The van der Waals surface area contributed by atoms with Crippen molar-refractivity contribution in [2.24, 2.45) is 0 Å². The number of benzene rings is 1. The third-order valence-electron chi connectivity index (χ3n) is 5.81. The first-order valence-electron chi connectivity index (χ1n) is 10.2. The molecule has 2 fully saturated rings. The summed E-state index contributed by atoms with van der Waals surface area (Å²) in [5, 5.41) is 0. The van der Waals surface area contributed by atoms with Gasteiger partial charge in [0.2, 0.25) is 0 Å². The molecule has 2 aromatic rings. The molecule has 0 atom stereocenters. The molecule has 0 unspecified atom stereocenters. The number of piperazine rings is 2. The lowest BCUT2D eigenvalue weighted by Crippen LogP contribution is -2.47. The van der Waals surface area contributed by atoms with E-state index in [9.17, 15) is 4.79 Å². The highest BCUT2D eigenvalue weighted by molar-refractivity contribution is 5.95. The van der Waals surface area contributed by atoms with Crippen LogP contribution in [0.15, 0.2) is 42.6 Å². The van der Waals surface area contributed by atoms with Crippen molar-refractivity contribution in [1.29, 1.82) is 0 Å². The quantitative estimate of drug-likeness (QED) is 0.787. The van der Waals surface area contributed by atoms with Gasteiger partial charge in [0.05, 0.1) is 12.8 Å². The molecule has 1 aromatic heterocycles. The van der Waals surface area contributed by atoms with Gasteiger partial charge in [-0.15, -0.1) is 0 Å². The Morgan fingerprint density at radius 2 is 1.62 bits per heavy atom. The van der Waals surface area contributed by atoms with Crippen LogP contribution in [0.1, 0.15) is 10.4 Å². The number of likely N-dealkylation sites (N-methyl/N-ethyl adjacent to an activating group) is 1. The van der Waals surface area contributed by atoms with Crippen LogP contribution in [-0.4, -0.2) is 87.2 Å². The Morgan fingerprint density at radius 3 is 2.34 bits per heavy atom. The van der Waals surface area contributed by atoms with Gasteiger partial charge in [0.1, 0.15) is 11.6 Å². The summed E-state index contributed by atoms with van der Waals surface area (Å²) in [7, 11) is 3.80. The first-order valence-corrected chi connectivity index (χ1v) is 10.2. The molecule has 0 spiro atoms. The van der Waals surface area contributed by atoms with Gasteiger partial charge in [0.15, 0.2) is 0 Å². The van der Waals surface area contributed by atoms with Gasteiger partial charge in [-0.3, -0.25) is 4.79 Å². The fourth-order valence-corrected chi connectivity index (χ4v) is 3.98. The predicted molar refractivity (Wildman–Crippen MR) is 115 cm³/mol. The zero-order valence-corrected chi connectivity index (χ0v) is 17.3. The lowest BCUT2D eigenvalue weighted by molar-refractivity contribution is 0.0664. The van der Waals surface area contributed by atoms with E-state index in [4.69, 9.17) is 4.74 Å². The maximum Gasteiger partial charge on any atom is 0.254 e. The minimum atomic E-state index is 0.106. The summed E-state index contributed by atoms with van der Waals surface area (Å²) in [6.07, 6.45) is 1.76. The molecule has 1 aromatic carbocycles. The van der Waals surface area contributed by atoms with Gasteiger partial charge in [-0.2, -0.15) is 0 Å². The van der Waals surface area contributed by atoms with Gasteiger partial charge in [-0.05, 0) is 31.3 Å². The molecule has 4 rings (SSSR count). The van der Waals surface area contributed by atoms with Crippen molar-refractivity contribution in [1.82, 2.24) is 14.8 Å². The predicted octanol–water partition coefficient (Wildman–Crippen LogP) is 1.80. The Morgan fingerprint density at radius 1 is 0.931 bits per heavy atom. The molecule has 7 heteroatoms. The van der Waals surface area contributed by atoms with Crippen LogP contribution in [0.25, 0.3) is 0 Å². The van der Waals surface area contributed by atoms with Gasteiger partial charge in [0.25, 0.3) is 5.91 Å². The number of hydrogen-bond donors (Lipinski definition) is 0. The normalized spacial score (nSPS) is 18.1. The lowest BCUT2D eigenvalue weighted by Gasteiger charge is -2.37. The number of rotatable bonds is 4. The molecular formula is C22H29N5O2. The van der Waals surface area contributed by atoms with E-state index >= 15 is 0 Å². The molecule has 2 saturated heterocycles. The molecule has 2 aliphatic rings. The smallest absolute Gasteiger partial charge is 0.254 e. The van der Waals surface area contributed by atoms with Gasteiger partial charge >= 0.3 is 0 Å². The number of pyridine rings is 1. The minimum Gasteiger partial charge on any atom is -0.495 e. The topological polar surface area (TPSA) is 52.2 Å². The number of anilines is 2. The van der Waals surface area contributed by atoms with Crippen LogP contribution in [0, 0.1) is 0 Å². The molecule has 0 bridgehead atoms. The third kappa shape index (κ3) is 4.29. The van der Waals surface area contributed by atoms with Crippen molar-refractivity contribution in [2.75, 3.05) is 76.3 Å². The maximum atomic E-state index is 12.9. The second-order valence-electron chi connectivity index (χ2n) is 7.64. The number of methoxy groups -OCH3 is 1. The highest BCUT2D eigenvalue weighted by Crippen LogP contribution is 2.29. The number of carbonyl (C=O) groups is 1. The Kier molecular flexibility index (Phi) is 5.85. The first kappa shape index (κ1) is 19.5. The molecule has 154 valence electrons. The molecule has 2 aliphatic heterocycles.